The monoisotopic (exact) mass is 351 g/mol. The van der Waals surface area contributed by atoms with Crippen molar-refractivity contribution in [3.63, 3.8) is 0 Å². The molecule has 2 atom stereocenters. The minimum Gasteiger partial charge on any atom is -0.345 e. The van der Waals surface area contributed by atoms with Crippen LogP contribution in [0.1, 0.15) is 41.0 Å². The number of amides is 4. The Bertz CT molecular complexity index is 624. The minimum absolute atomic E-state index is 0.0480. The van der Waals surface area contributed by atoms with Gasteiger partial charge in [0.2, 0.25) is 11.8 Å². The van der Waals surface area contributed by atoms with Gasteiger partial charge in [-0.15, -0.1) is 0 Å². The van der Waals surface area contributed by atoms with E-state index in [0.717, 1.165) is 4.90 Å². The zero-order chi connectivity index (χ0) is 19.3. The Kier molecular flexibility index (Phi) is 7.02. The van der Waals surface area contributed by atoms with Crippen molar-refractivity contribution in [3.05, 3.63) is 11.6 Å². The zero-order valence-corrected chi connectivity index (χ0v) is 15.2. The molecule has 138 valence electrons. The number of carbonyl (C=O) groups excluding carboxylic acids is 5. The average molecular weight is 351 g/mol. The van der Waals surface area contributed by atoms with Gasteiger partial charge in [0.15, 0.2) is 5.78 Å². The van der Waals surface area contributed by atoms with Crippen LogP contribution < -0.4 is 10.6 Å². The molecule has 8 heteroatoms. The molecule has 0 radical (unpaired) electrons. The van der Waals surface area contributed by atoms with Gasteiger partial charge in [0.25, 0.3) is 11.8 Å². The lowest BCUT2D eigenvalue weighted by Crippen LogP contribution is -2.53. The van der Waals surface area contributed by atoms with E-state index in [-0.39, 0.29) is 24.7 Å². The summed E-state index contributed by atoms with van der Waals surface area (Å²) in [7, 11) is 0. The number of nitrogens with zero attached hydrogens (tertiary/aromatic N) is 1. The number of rotatable bonds is 8. The molecule has 1 aliphatic heterocycles. The van der Waals surface area contributed by atoms with E-state index in [1.165, 1.54) is 19.9 Å². The number of ketones is 1. The number of carbonyl (C=O) groups is 5. The van der Waals surface area contributed by atoms with Gasteiger partial charge in [0, 0.05) is 24.6 Å². The van der Waals surface area contributed by atoms with Gasteiger partial charge in [0.05, 0.1) is 6.04 Å². The van der Waals surface area contributed by atoms with Crippen molar-refractivity contribution in [3.8, 4) is 0 Å². The topological polar surface area (TPSA) is 113 Å². The predicted molar refractivity (Wildman–Crippen MR) is 90.1 cm³/mol. The van der Waals surface area contributed by atoms with Crippen molar-refractivity contribution in [1.29, 1.82) is 0 Å². The van der Waals surface area contributed by atoms with Gasteiger partial charge in [-0.2, -0.15) is 0 Å². The molecular weight excluding hydrogens is 326 g/mol. The van der Waals surface area contributed by atoms with Crippen molar-refractivity contribution >= 4 is 29.4 Å². The van der Waals surface area contributed by atoms with Gasteiger partial charge < -0.3 is 10.6 Å². The minimum atomic E-state index is -0.806. The Balaban J connectivity index is 2.59. The Morgan fingerprint density at radius 1 is 1.12 bits per heavy atom. The second-order valence-electron chi connectivity index (χ2n) is 6.50. The summed E-state index contributed by atoms with van der Waals surface area (Å²) >= 11 is 0. The van der Waals surface area contributed by atoms with Crippen molar-refractivity contribution in [2.45, 2.75) is 53.1 Å². The van der Waals surface area contributed by atoms with Crippen LogP contribution in [0.4, 0.5) is 0 Å². The zero-order valence-electron chi connectivity index (χ0n) is 15.2. The van der Waals surface area contributed by atoms with Gasteiger partial charge in [-0.1, -0.05) is 13.8 Å². The molecule has 1 rings (SSSR count). The second kappa shape index (κ2) is 8.55. The lowest BCUT2D eigenvalue weighted by molar-refractivity contribution is -0.138. The summed E-state index contributed by atoms with van der Waals surface area (Å²) in [6.45, 7) is 7.96. The molecule has 1 heterocycles. The highest BCUT2D eigenvalue weighted by molar-refractivity contribution is 6.16. The molecule has 0 aromatic heterocycles. The molecule has 0 bridgehead atoms. The Morgan fingerprint density at radius 3 is 2.16 bits per heavy atom. The summed E-state index contributed by atoms with van der Waals surface area (Å²) in [5.41, 5.74) is 0.336. The van der Waals surface area contributed by atoms with Crippen LogP contribution >= 0.6 is 0 Å². The van der Waals surface area contributed by atoms with E-state index in [2.05, 4.69) is 10.6 Å². The van der Waals surface area contributed by atoms with Crippen LogP contribution in [0.15, 0.2) is 11.6 Å². The molecule has 1 unspecified atom stereocenters. The molecule has 0 fully saturated rings. The highest BCUT2D eigenvalue weighted by Gasteiger charge is 2.30. The van der Waals surface area contributed by atoms with Gasteiger partial charge in [-0.3, -0.25) is 28.9 Å². The number of nitrogens with one attached hydrogen (secondary N) is 2. The maximum absolute atomic E-state index is 12.2. The van der Waals surface area contributed by atoms with Crippen LogP contribution in [-0.4, -0.2) is 52.9 Å². The van der Waals surface area contributed by atoms with Crippen LogP contribution in [0, 0.1) is 5.92 Å². The van der Waals surface area contributed by atoms with E-state index in [0.29, 0.717) is 5.57 Å². The summed E-state index contributed by atoms with van der Waals surface area (Å²) in [5.74, 6) is -2.13. The summed E-state index contributed by atoms with van der Waals surface area (Å²) in [5, 5.41) is 5.15. The van der Waals surface area contributed by atoms with E-state index >= 15 is 0 Å². The van der Waals surface area contributed by atoms with E-state index in [4.69, 9.17) is 0 Å². The summed E-state index contributed by atoms with van der Waals surface area (Å²) in [4.78, 5) is 60.0. The number of hydrogen-bond acceptors (Lipinski definition) is 5. The molecule has 0 aliphatic carbocycles. The summed E-state index contributed by atoms with van der Waals surface area (Å²) in [6, 6.07) is -1.45. The quantitative estimate of drug-likeness (QED) is 0.594. The third kappa shape index (κ3) is 5.51. The lowest BCUT2D eigenvalue weighted by atomic mass is 10.0. The fraction of sp³-hybridized carbons (Fsp3) is 0.588. The van der Waals surface area contributed by atoms with Crippen molar-refractivity contribution in [1.82, 2.24) is 15.5 Å². The van der Waals surface area contributed by atoms with Gasteiger partial charge in [0.1, 0.15) is 6.04 Å². The molecule has 0 saturated carbocycles. The molecule has 1 aliphatic rings. The van der Waals surface area contributed by atoms with Gasteiger partial charge >= 0.3 is 0 Å². The van der Waals surface area contributed by atoms with Crippen molar-refractivity contribution in [2.75, 3.05) is 6.54 Å². The normalized spacial score (nSPS) is 16.6. The molecule has 0 saturated heterocycles. The SMILES string of the molecule is CC(=O)[C@H](C)NC(=O)C(NC(=O)CCN1C(=O)C=C(C)C1=O)C(C)C. The first-order valence-corrected chi connectivity index (χ1v) is 8.19. The van der Waals surface area contributed by atoms with Gasteiger partial charge in [-0.25, -0.2) is 0 Å². The Morgan fingerprint density at radius 2 is 1.72 bits per heavy atom. The van der Waals surface area contributed by atoms with E-state index in [1.54, 1.807) is 20.8 Å². The Labute approximate surface area is 147 Å². The molecule has 4 amide bonds. The first-order chi connectivity index (χ1) is 11.5. The maximum Gasteiger partial charge on any atom is 0.256 e. The molecule has 0 aromatic rings. The highest BCUT2D eigenvalue weighted by Crippen LogP contribution is 2.12. The average Bonchev–Trinajstić information content (AvgIpc) is 2.75. The molecule has 8 nitrogen and oxygen atoms in total. The third-order valence-corrected chi connectivity index (χ3v) is 3.99. The number of Topliss-reactive ketones (excluding diaryl/α,β-unsaturated/α-hetero) is 1. The molecule has 2 N–H and O–H groups in total. The van der Waals surface area contributed by atoms with E-state index in [9.17, 15) is 24.0 Å². The summed E-state index contributed by atoms with van der Waals surface area (Å²) < 4.78 is 0. The van der Waals surface area contributed by atoms with Crippen LogP contribution in [0.2, 0.25) is 0 Å². The number of hydrogen-bond donors (Lipinski definition) is 2. The predicted octanol–water partition coefficient (Wildman–Crippen LogP) is -0.0739. The largest absolute Gasteiger partial charge is 0.345 e. The fourth-order valence-corrected chi connectivity index (χ4v) is 2.25. The maximum atomic E-state index is 12.2. The summed E-state index contributed by atoms with van der Waals surface area (Å²) in [6.07, 6.45) is 1.13. The highest BCUT2D eigenvalue weighted by atomic mass is 16.2. The van der Waals surface area contributed by atoms with Crippen molar-refractivity contribution in [2.24, 2.45) is 5.92 Å². The lowest BCUT2D eigenvalue weighted by Gasteiger charge is -2.23. The Hall–Kier alpha value is -2.51. The van der Waals surface area contributed by atoms with Crippen LogP contribution in [0.5, 0.6) is 0 Å². The van der Waals surface area contributed by atoms with Crippen LogP contribution in [0.25, 0.3) is 0 Å². The first-order valence-electron chi connectivity index (χ1n) is 8.19. The molecule has 0 spiro atoms. The second-order valence-corrected chi connectivity index (χ2v) is 6.50. The molecule has 0 aromatic carbocycles. The van der Waals surface area contributed by atoms with Gasteiger partial charge in [-0.05, 0) is 26.7 Å². The number of imide groups is 1. The first kappa shape index (κ1) is 20.5. The van der Waals surface area contributed by atoms with E-state index in [1.807, 2.05) is 0 Å². The molecular formula is C17H25N3O5. The van der Waals surface area contributed by atoms with E-state index < -0.39 is 35.7 Å². The smallest absolute Gasteiger partial charge is 0.256 e. The third-order valence-electron chi connectivity index (χ3n) is 3.99. The van der Waals surface area contributed by atoms with Crippen LogP contribution in [-0.2, 0) is 24.0 Å². The molecule has 25 heavy (non-hydrogen) atoms. The fourth-order valence-electron chi connectivity index (χ4n) is 2.25. The standard InChI is InChI=1S/C17H25N3O5/c1-9(2)15(16(24)18-11(4)12(5)21)19-13(22)6-7-20-14(23)8-10(3)17(20)25/h8-9,11,15H,6-7H2,1-5H3,(H,18,24)(H,19,22)/t11-,15?/m0/s1. The van der Waals surface area contributed by atoms with Crippen LogP contribution in [0.3, 0.4) is 0 Å². The van der Waals surface area contributed by atoms with Crippen molar-refractivity contribution < 1.29 is 24.0 Å².